The molecule has 1 saturated heterocycles. The Bertz CT molecular complexity index is 743. The summed E-state index contributed by atoms with van der Waals surface area (Å²) in [5.74, 6) is -1.40. The minimum absolute atomic E-state index is 0.00536. The average Bonchev–Trinajstić information content (AvgIpc) is 2.86. The van der Waals surface area contributed by atoms with E-state index >= 15 is 0 Å². The van der Waals surface area contributed by atoms with Gasteiger partial charge in [0.25, 0.3) is 5.92 Å². The summed E-state index contributed by atoms with van der Waals surface area (Å²) in [5, 5.41) is -0.00536. The summed E-state index contributed by atoms with van der Waals surface area (Å²) in [6.45, 7) is 1.56. The second kappa shape index (κ2) is 7.00. The zero-order valence-corrected chi connectivity index (χ0v) is 14.6. The van der Waals surface area contributed by atoms with Crippen LogP contribution in [0.3, 0.4) is 0 Å². The van der Waals surface area contributed by atoms with Gasteiger partial charge in [-0.05, 0) is 36.2 Å². The van der Waals surface area contributed by atoms with Crippen LogP contribution in [0.2, 0.25) is 5.28 Å². The molecule has 1 aromatic carbocycles. The number of benzene rings is 1. The predicted molar refractivity (Wildman–Crippen MR) is 90.7 cm³/mol. The number of ether oxygens (including phenoxy) is 2. The lowest BCUT2D eigenvalue weighted by atomic mass is 10.2. The van der Waals surface area contributed by atoms with Crippen molar-refractivity contribution in [2.24, 2.45) is 0 Å². The summed E-state index contributed by atoms with van der Waals surface area (Å²) < 4.78 is 38.3. The maximum atomic E-state index is 13.7. The van der Waals surface area contributed by atoms with E-state index in [1.165, 1.54) is 11.1 Å². The minimum Gasteiger partial charge on any atom is -0.497 e. The highest BCUT2D eigenvalue weighted by molar-refractivity contribution is 6.28. The van der Waals surface area contributed by atoms with Crippen molar-refractivity contribution in [1.29, 1.82) is 0 Å². The lowest BCUT2D eigenvalue weighted by Crippen LogP contribution is -2.30. The average molecular weight is 370 g/mol. The zero-order valence-electron chi connectivity index (χ0n) is 13.9. The Morgan fingerprint density at radius 1 is 1.32 bits per heavy atom. The van der Waals surface area contributed by atoms with E-state index in [0.29, 0.717) is 5.75 Å². The molecule has 0 bridgehead atoms. The van der Waals surface area contributed by atoms with Gasteiger partial charge in [0.1, 0.15) is 12.4 Å². The SMILES string of the molecule is COc1ccc(COc2cnc(Cl)nc2N2CC(F)(F)CC2C)cc1. The number of hydrogen-bond acceptors (Lipinski definition) is 5. The molecule has 1 aromatic heterocycles. The van der Waals surface area contributed by atoms with Gasteiger partial charge in [0, 0.05) is 12.5 Å². The van der Waals surface area contributed by atoms with Crippen molar-refractivity contribution in [3.8, 4) is 11.5 Å². The van der Waals surface area contributed by atoms with Gasteiger partial charge >= 0.3 is 0 Å². The van der Waals surface area contributed by atoms with Crippen LogP contribution >= 0.6 is 11.6 Å². The van der Waals surface area contributed by atoms with Crippen LogP contribution in [0, 0.1) is 0 Å². The third-order valence-corrected chi connectivity index (χ3v) is 4.24. The Balaban J connectivity index is 1.79. The standard InChI is InChI=1S/C17H18ClF2N3O2/c1-11-7-17(19,20)10-23(11)15-14(8-21-16(18)22-15)25-9-12-3-5-13(24-2)6-4-12/h3-6,8,11H,7,9-10H2,1-2H3. The molecule has 1 unspecified atom stereocenters. The Morgan fingerprint density at radius 2 is 2.04 bits per heavy atom. The summed E-state index contributed by atoms with van der Waals surface area (Å²) in [6.07, 6.45) is 1.18. The smallest absolute Gasteiger partial charge is 0.267 e. The first kappa shape index (κ1) is 17.7. The van der Waals surface area contributed by atoms with Crippen LogP contribution in [0.4, 0.5) is 14.6 Å². The predicted octanol–water partition coefficient (Wildman–Crippen LogP) is 3.95. The summed E-state index contributed by atoms with van der Waals surface area (Å²) in [4.78, 5) is 9.53. The Kier molecular flexibility index (Phi) is 4.94. The van der Waals surface area contributed by atoms with E-state index in [0.717, 1.165) is 11.3 Å². The van der Waals surface area contributed by atoms with Crippen molar-refractivity contribution in [2.45, 2.75) is 31.9 Å². The number of rotatable bonds is 5. The molecule has 134 valence electrons. The van der Waals surface area contributed by atoms with Gasteiger partial charge in [0.2, 0.25) is 5.28 Å². The van der Waals surface area contributed by atoms with Crippen LogP contribution in [-0.4, -0.2) is 35.6 Å². The lowest BCUT2D eigenvalue weighted by Gasteiger charge is -2.24. The van der Waals surface area contributed by atoms with E-state index in [9.17, 15) is 8.78 Å². The molecule has 0 aliphatic carbocycles. The second-order valence-corrected chi connectivity index (χ2v) is 6.34. The van der Waals surface area contributed by atoms with Crippen LogP contribution in [0.1, 0.15) is 18.9 Å². The molecule has 0 spiro atoms. The first-order chi connectivity index (χ1) is 11.9. The van der Waals surface area contributed by atoms with Crippen LogP contribution in [0.5, 0.6) is 11.5 Å². The Labute approximate surface area is 149 Å². The van der Waals surface area contributed by atoms with Crippen molar-refractivity contribution >= 4 is 17.4 Å². The quantitative estimate of drug-likeness (QED) is 0.747. The Hall–Kier alpha value is -2.15. The van der Waals surface area contributed by atoms with E-state index in [1.54, 1.807) is 14.0 Å². The highest BCUT2D eigenvalue weighted by Gasteiger charge is 2.44. The van der Waals surface area contributed by atoms with E-state index < -0.39 is 12.5 Å². The number of aromatic nitrogens is 2. The molecule has 1 fully saturated rings. The third-order valence-electron chi connectivity index (χ3n) is 4.06. The molecule has 0 radical (unpaired) electrons. The van der Waals surface area contributed by atoms with Crippen molar-refractivity contribution in [3.63, 3.8) is 0 Å². The first-order valence-electron chi connectivity index (χ1n) is 7.81. The summed E-state index contributed by atoms with van der Waals surface area (Å²) in [7, 11) is 1.59. The number of nitrogens with zero attached hydrogens (tertiary/aromatic N) is 3. The monoisotopic (exact) mass is 369 g/mol. The fourth-order valence-corrected chi connectivity index (χ4v) is 2.96. The van der Waals surface area contributed by atoms with Gasteiger partial charge < -0.3 is 14.4 Å². The summed E-state index contributed by atoms with van der Waals surface area (Å²) in [5.41, 5.74) is 0.904. The first-order valence-corrected chi connectivity index (χ1v) is 8.18. The molecule has 2 aromatic rings. The molecule has 0 amide bonds. The maximum absolute atomic E-state index is 13.7. The number of halogens is 3. The third kappa shape index (κ3) is 4.10. The molecule has 8 heteroatoms. The number of hydrogen-bond donors (Lipinski definition) is 0. The van der Waals surface area contributed by atoms with Crippen LogP contribution < -0.4 is 14.4 Å². The highest BCUT2D eigenvalue weighted by atomic mass is 35.5. The maximum Gasteiger partial charge on any atom is 0.267 e. The highest BCUT2D eigenvalue weighted by Crippen LogP contribution is 2.38. The number of methoxy groups -OCH3 is 1. The largest absolute Gasteiger partial charge is 0.497 e. The Morgan fingerprint density at radius 3 is 2.64 bits per heavy atom. The number of alkyl halides is 2. The lowest BCUT2D eigenvalue weighted by molar-refractivity contribution is 0.0229. The molecular weight excluding hydrogens is 352 g/mol. The van der Waals surface area contributed by atoms with Gasteiger partial charge in [-0.2, -0.15) is 4.98 Å². The van der Waals surface area contributed by atoms with Gasteiger partial charge in [-0.25, -0.2) is 13.8 Å². The van der Waals surface area contributed by atoms with Crippen molar-refractivity contribution in [1.82, 2.24) is 9.97 Å². The van der Waals surface area contributed by atoms with Crippen molar-refractivity contribution in [3.05, 3.63) is 41.3 Å². The normalized spacial score (nSPS) is 19.1. The summed E-state index contributed by atoms with van der Waals surface area (Å²) >= 11 is 5.86. The molecule has 25 heavy (non-hydrogen) atoms. The molecule has 2 heterocycles. The van der Waals surface area contributed by atoms with Gasteiger partial charge in [0.05, 0.1) is 19.9 Å². The second-order valence-electron chi connectivity index (χ2n) is 6.00. The molecule has 1 atom stereocenters. The number of anilines is 1. The van der Waals surface area contributed by atoms with Gasteiger partial charge in [-0.3, -0.25) is 0 Å². The van der Waals surface area contributed by atoms with Crippen LogP contribution in [0.15, 0.2) is 30.5 Å². The minimum atomic E-state index is -2.76. The van der Waals surface area contributed by atoms with Crippen LogP contribution in [-0.2, 0) is 6.61 Å². The molecule has 5 nitrogen and oxygen atoms in total. The van der Waals surface area contributed by atoms with Crippen molar-refractivity contribution in [2.75, 3.05) is 18.6 Å². The zero-order chi connectivity index (χ0) is 18.0. The fraction of sp³-hybridized carbons (Fsp3) is 0.412. The molecular formula is C17H18ClF2N3O2. The topological polar surface area (TPSA) is 47.5 Å². The summed E-state index contributed by atoms with van der Waals surface area (Å²) in [6, 6.07) is 7.00. The molecule has 0 N–H and O–H groups in total. The van der Waals surface area contributed by atoms with E-state index in [-0.39, 0.29) is 30.2 Å². The van der Waals surface area contributed by atoms with E-state index in [2.05, 4.69) is 9.97 Å². The molecule has 0 saturated carbocycles. The van der Waals surface area contributed by atoms with Gasteiger partial charge in [0.15, 0.2) is 11.6 Å². The molecule has 3 rings (SSSR count). The van der Waals surface area contributed by atoms with Crippen LogP contribution in [0.25, 0.3) is 0 Å². The van der Waals surface area contributed by atoms with Gasteiger partial charge in [-0.15, -0.1) is 0 Å². The molecule has 1 aliphatic rings. The van der Waals surface area contributed by atoms with E-state index in [4.69, 9.17) is 21.1 Å². The van der Waals surface area contributed by atoms with E-state index in [1.807, 2.05) is 24.3 Å². The van der Waals surface area contributed by atoms with Gasteiger partial charge in [-0.1, -0.05) is 12.1 Å². The molecule has 1 aliphatic heterocycles. The van der Waals surface area contributed by atoms with Crippen molar-refractivity contribution < 1.29 is 18.3 Å². The fourth-order valence-electron chi connectivity index (χ4n) is 2.83.